The summed E-state index contributed by atoms with van der Waals surface area (Å²) >= 11 is 5.74. The molecule has 1 aliphatic heterocycles. The summed E-state index contributed by atoms with van der Waals surface area (Å²) in [5.41, 5.74) is 0.925. The summed E-state index contributed by atoms with van der Waals surface area (Å²) in [5, 5.41) is 0.239. The summed E-state index contributed by atoms with van der Waals surface area (Å²) in [6.45, 7) is 3.81. The van der Waals surface area contributed by atoms with E-state index in [0.29, 0.717) is 18.5 Å². The van der Waals surface area contributed by atoms with Gasteiger partial charge in [0, 0.05) is 17.8 Å². The molecular formula is C12H18ClN3O. The van der Waals surface area contributed by atoms with Gasteiger partial charge in [0.15, 0.2) is 0 Å². The van der Waals surface area contributed by atoms with Crippen LogP contribution in [0.25, 0.3) is 0 Å². The number of hydrogen-bond acceptors (Lipinski definition) is 4. The first-order chi connectivity index (χ1) is 8.16. The molecular weight excluding hydrogens is 238 g/mol. The lowest BCUT2D eigenvalue weighted by molar-refractivity contribution is 0.227. The van der Waals surface area contributed by atoms with Gasteiger partial charge in [-0.05, 0) is 51.4 Å². The van der Waals surface area contributed by atoms with Crippen molar-refractivity contribution in [2.24, 2.45) is 0 Å². The molecule has 1 atom stereocenters. The van der Waals surface area contributed by atoms with Crippen molar-refractivity contribution in [1.29, 1.82) is 0 Å². The van der Waals surface area contributed by atoms with Crippen molar-refractivity contribution in [2.45, 2.75) is 32.2 Å². The smallest absolute Gasteiger partial charge is 0.225 e. The van der Waals surface area contributed by atoms with Gasteiger partial charge in [0.2, 0.25) is 11.2 Å². The Bertz CT molecular complexity index is 386. The van der Waals surface area contributed by atoms with Gasteiger partial charge in [-0.3, -0.25) is 0 Å². The van der Waals surface area contributed by atoms with E-state index in [0.717, 1.165) is 12.0 Å². The van der Waals surface area contributed by atoms with E-state index in [1.165, 1.54) is 19.4 Å². The molecule has 1 fully saturated rings. The summed E-state index contributed by atoms with van der Waals surface area (Å²) in [4.78, 5) is 10.4. The largest absolute Gasteiger partial charge is 0.477 e. The van der Waals surface area contributed by atoms with Crippen molar-refractivity contribution in [1.82, 2.24) is 14.9 Å². The van der Waals surface area contributed by atoms with Crippen molar-refractivity contribution in [2.75, 3.05) is 20.2 Å². The van der Waals surface area contributed by atoms with E-state index in [1.807, 2.05) is 6.92 Å². The average Bonchev–Trinajstić information content (AvgIpc) is 2.70. The van der Waals surface area contributed by atoms with Crippen LogP contribution in [0.5, 0.6) is 5.88 Å². The molecule has 0 saturated carbocycles. The fourth-order valence-electron chi connectivity index (χ4n) is 2.19. The van der Waals surface area contributed by atoms with Crippen molar-refractivity contribution in [3.63, 3.8) is 0 Å². The molecule has 0 aromatic carbocycles. The summed E-state index contributed by atoms with van der Waals surface area (Å²) in [5.74, 6) is 0.602. The second-order valence-corrected chi connectivity index (χ2v) is 4.88. The standard InChI is InChI=1S/C12H18ClN3O/c1-9-8-14-12(13)15-11(9)17-7-5-10-4-3-6-16(10)2/h8,10H,3-7H2,1-2H3. The van der Waals surface area contributed by atoms with E-state index in [4.69, 9.17) is 16.3 Å². The maximum absolute atomic E-state index is 5.74. The number of likely N-dealkylation sites (tertiary alicyclic amines) is 1. The second-order valence-electron chi connectivity index (χ2n) is 4.54. The molecule has 1 aliphatic rings. The summed E-state index contributed by atoms with van der Waals surface area (Å²) in [7, 11) is 2.17. The van der Waals surface area contributed by atoms with Crippen molar-refractivity contribution in [3.8, 4) is 5.88 Å². The van der Waals surface area contributed by atoms with E-state index in [-0.39, 0.29) is 5.28 Å². The molecule has 1 saturated heterocycles. The lowest BCUT2D eigenvalue weighted by Crippen LogP contribution is -2.26. The van der Waals surface area contributed by atoms with Crippen LogP contribution in [0.2, 0.25) is 5.28 Å². The maximum atomic E-state index is 5.74. The van der Waals surface area contributed by atoms with Gasteiger partial charge in [0.25, 0.3) is 0 Å². The van der Waals surface area contributed by atoms with Crippen molar-refractivity contribution in [3.05, 3.63) is 17.0 Å². The van der Waals surface area contributed by atoms with Gasteiger partial charge in [-0.25, -0.2) is 4.98 Å². The van der Waals surface area contributed by atoms with Gasteiger partial charge >= 0.3 is 0 Å². The summed E-state index contributed by atoms with van der Waals surface area (Å²) in [6, 6.07) is 0.646. The Labute approximate surface area is 107 Å². The molecule has 1 aromatic rings. The molecule has 1 aromatic heterocycles. The Hall–Kier alpha value is -0.870. The van der Waals surface area contributed by atoms with Crippen LogP contribution in [0.1, 0.15) is 24.8 Å². The monoisotopic (exact) mass is 255 g/mol. The van der Waals surface area contributed by atoms with Crippen LogP contribution in [-0.4, -0.2) is 41.1 Å². The first-order valence-electron chi connectivity index (χ1n) is 5.99. The number of nitrogens with zero attached hydrogens (tertiary/aromatic N) is 3. The molecule has 0 amide bonds. The molecule has 94 valence electrons. The highest BCUT2D eigenvalue weighted by Crippen LogP contribution is 2.19. The van der Waals surface area contributed by atoms with Gasteiger partial charge in [-0.1, -0.05) is 0 Å². The van der Waals surface area contributed by atoms with Gasteiger partial charge in [0.05, 0.1) is 6.61 Å². The van der Waals surface area contributed by atoms with Crippen molar-refractivity contribution >= 4 is 11.6 Å². The molecule has 0 aliphatic carbocycles. The number of ether oxygens (including phenoxy) is 1. The predicted octanol–water partition coefficient (Wildman–Crippen LogP) is 2.30. The Morgan fingerprint density at radius 2 is 2.41 bits per heavy atom. The van der Waals surface area contributed by atoms with E-state index in [9.17, 15) is 0 Å². The normalized spacial score (nSPS) is 20.8. The van der Waals surface area contributed by atoms with Crippen LogP contribution >= 0.6 is 11.6 Å². The van der Waals surface area contributed by atoms with Crippen LogP contribution in [0, 0.1) is 6.92 Å². The first-order valence-corrected chi connectivity index (χ1v) is 6.37. The highest BCUT2D eigenvalue weighted by Gasteiger charge is 2.20. The second kappa shape index (κ2) is 5.65. The van der Waals surface area contributed by atoms with Gasteiger partial charge in [0.1, 0.15) is 0 Å². The van der Waals surface area contributed by atoms with Crippen LogP contribution in [0.3, 0.4) is 0 Å². The number of halogens is 1. The van der Waals surface area contributed by atoms with E-state index < -0.39 is 0 Å². The molecule has 4 nitrogen and oxygen atoms in total. The fraction of sp³-hybridized carbons (Fsp3) is 0.667. The van der Waals surface area contributed by atoms with Crippen LogP contribution in [0.15, 0.2) is 6.20 Å². The van der Waals surface area contributed by atoms with E-state index in [1.54, 1.807) is 6.20 Å². The highest BCUT2D eigenvalue weighted by molar-refractivity contribution is 6.28. The third-order valence-electron chi connectivity index (χ3n) is 3.26. The SMILES string of the molecule is Cc1cnc(Cl)nc1OCCC1CCCN1C. The Kier molecular flexibility index (Phi) is 4.18. The summed E-state index contributed by atoms with van der Waals surface area (Å²) in [6.07, 6.45) is 5.28. The zero-order chi connectivity index (χ0) is 12.3. The fourth-order valence-corrected chi connectivity index (χ4v) is 2.31. The Morgan fingerprint density at radius 3 is 3.12 bits per heavy atom. The van der Waals surface area contributed by atoms with E-state index in [2.05, 4.69) is 21.9 Å². The zero-order valence-electron chi connectivity index (χ0n) is 10.3. The molecule has 0 radical (unpaired) electrons. The number of aryl methyl sites for hydroxylation is 1. The van der Waals surface area contributed by atoms with Gasteiger partial charge in [-0.2, -0.15) is 4.98 Å². The quantitative estimate of drug-likeness (QED) is 0.774. The average molecular weight is 256 g/mol. The topological polar surface area (TPSA) is 38.3 Å². The molecule has 0 spiro atoms. The van der Waals surface area contributed by atoms with Gasteiger partial charge < -0.3 is 9.64 Å². The molecule has 0 N–H and O–H groups in total. The molecule has 2 rings (SSSR count). The molecule has 5 heteroatoms. The molecule has 2 heterocycles. The van der Waals surface area contributed by atoms with Crippen LogP contribution in [0.4, 0.5) is 0 Å². The lowest BCUT2D eigenvalue weighted by atomic mass is 10.1. The molecule has 1 unspecified atom stereocenters. The number of aromatic nitrogens is 2. The minimum Gasteiger partial charge on any atom is -0.477 e. The van der Waals surface area contributed by atoms with Gasteiger partial charge in [-0.15, -0.1) is 0 Å². The third kappa shape index (κ3) is 3.30. The minimum absolute atomic E-state index is 0.239. The highest BCUT2D eigenvalue weighted by atomic mass is 35.5. The maximum Gasteiger partial charge on any atom is 0.225 e. The van der Waals surface area contributed by atoms with Crippen molar-refractivity contribution < 1.29 is 4.74 Å². The van der Waals surface area contributed by atoms with E-state index >= 15 is 0 Å². The Balaban J connectivity index is 1.83. The number of rotatable bonds is 4. The third-order valence-corrected chi connectivity index (χ3v) is 3.44. The Morgan fingerprint density at radius 1 is 1.59 bits per heavy atom. The first kappa shape index (κ1) is 12.6. The molecule has 17 heavy (non-hydrogen) atoms. The lowest BCUT2D eigenvalue weighted by Gasteiger charge is -2.19. The molecule has 0 bridgehead atoms. The van der Waals surface area contributed by atoms with Crippen LogP contribution < -0.4 is 4.74 Å². The number of hydrogen-bond donors (Lipinski definition) is 0. The van der Waals surface area contributed by atoms with Crippen LogP contribution in [-0.2, 0) is 0 Å². The summed E-state index contributed by atoms with van der Waals surface area (Å²) < 4.78 is 5.67. The zero-order valence-corrected chi connectivity index (χ0v) is 11.1. The minimum atomic E-state index is 0.239. The predicted molar refractivity (Wildman–Crippen MR) is 67.5 cm³/mol.